The Morgan fingerprint density at radius 2 is 2.05 bits per heavy atom. The molecule has 1 atom stereocenters. The number of carbonyl (C=O) groups excluding carboxylic acids is 1. The van der Waals surface area contributed by atoms with Gasteiger partial charge in [0.05, 0.1) is 25.3 Å². The van der Waals surface area contributed by atoms with Crippen LogP contribution in [0.2, 0.25) is 0 Å². The fourth-order valence-electron chi connectivity index (χ4n) is 1.82. The maximum absolute atomic E-state index is 11.8. The second-order valence-electron chi connectivity index (χ2n) is 4.72. The highest BCUT2D eigenvalue weighted by molar-refractivity contribution is 5.76. The van der Waals surface area contributed by atoms with Crippen LogP contribution in [0.5, 0.6) is 5.75 Å². The Bertz CT molecular complexity index is 531. The Balaban J connectivity index is 1.71. The fraction of sp³-hybridized carbons (Fsp3) is 0.312. The Morgan fingerprint density at radius 3 is 2.70 bits per heavy atom. The van der Waals surface area contributed by atoms with Crippen LogP contribution in [0.4, 0.5) is 0 Å². The zero-order chi connectivity index (χ0) is 14.4. The Labute approximate surface area is 118 Å². The van der Waals surface area contributed by atoms with Crippen molar-refractivity contribution in [1.29, 1.82) is 0 Å². The van der Waals surface area contributed by atoms with Gasteiger partial charge < -0.3 is 14.5 Å². The molecule has 1 heterocycles. The van der Waals surface area contributed by atoms with Gasteiger partial charge in [-0.3, -0.25) is 4.79 Å². The van der Waals surface area contributed by atoms with Gasteiger partial charge in [-0.1, -0.05) is 17.7 Å². The van der Waals surface area contributed by atoms with Crippen molar-refractivity contribution >= 4 is 5.91 Å². The lowest BCUT2D eigenvalue weighted by Crippen LogP contribution is -2.27. The van der Waals surface area contributed by atoms with E-state index in [0.29, 0.717) is 13.0 Å². The second-order valence-corrected chi connectivity index (χ2v) is 4.72. The number of rotatable bonds is 6. The number of hydrogen-bond acceptors (Lipinski definition) is 3. The molecular weight excluding hydrogens is 254 g/mol. The monoisotopic (exact) mass is 273 g/mol. The number of furan rings is 1. The molecule has 4 nitrogen and oxygen atoms in total. The van der Waals surface area contributed by atoms with Gasteiger partial charge >= 0.3 is 0 Å². The molecule has 1 N–H and O–H groups in total. The summed E-state index contributed by atoms with van der Waals surface area (Å²) in [5.74, 6) is 1.47. The van der Waals surface area contributed by atoms with E-state index in [1.807, 2.05) is 44.2 Å². The fourth-order valence-corrected chi connectivity index (χ4v) is 1.82. The van der Waals surface area contributed by atoms with Crippen LogP contribution in [0.15, 0.2) is 47.1 Å². The van der Waals surface area contributed by atoms with Crippen molar-refractivity contribution in [3.8, 4) is 5.75 Å². The SMILES string of the molecule is Cc1ccc(OCCC(=O)N[C@H](C)c2ccco2)cc1. The lowest BCUT2D eigenvalue weighted by atomic mass is 10.2. The lowest BCUT2D eigenvalue weighted by molar-refractivity contribution is -0.122. The van der Waals surface area contributed by atoms with Crippen molar-refractivity contribution in [3.63, 3.8) is 0 Å². The average molecular weight is 273 g/mol. The van der Waals surface area contributed by atoms with Crippen molar-refractivity contribution in [1.82, 2.24) is 5.32 Å². The first-order valence-electron chi connectivity index (χ1n) is 6.67. The van der Waals surface area contributed by atoms with Crippen molar-refractivity contribution in [2.75, 3.05) is 6.61 Å². The molecule has 2 rings (SSSR count). The van der Waals surface area contributed by atoms with E-state index in [0.717, 1.165) is 11.5 Å². The summed E-state index contributed by atoms with van der Waals surface area (Å²) in [5, 5.41) is 2.86. The van der Waals surface area contributed by atoms with Crippen LogP contribution < -0.4 is 10.1 Å². The zero-order valence-electron chi connectivity index (χ0n) is 11.8. The van der Waals surface area contributed by atoms with Gasteiger partial charge in [0, 0.05) is 0 Å². The summed E-state index contributed by atoms with van der Waals surface area (Å²) in [6.45, 7) is 4.27. The van der Waals surface area contributed by atoms with Gasteiger partial charge in [-0.05, 0) is 38.1 Å². The molecule has 4 heteroatoms. The number of ether oxygens (including phenoxy) is 1. The predicted octanol–water partition coefficient (Wildman–Crippen LogP) is 3.23. The minimum Gasteiger partial charge on any atom is -0.493 e. The van der Waals surface area contributed by atoms with Gasteiger partial charge in [-0.15, -0.1) is 0 Å². The summed E-state index contributed by atoms with van der Waals surface area (Å²) in [5.41, 5.74) is 1.18. The Morgan fingerprint density at radius 1 is 1.30 bits per heavy atom. The molecule has 106 valence electrons. The van der Waals surface area contributed by atoms with Crippen LogP contribution >= 0.6 is 0 Å². The molecule has 0 saturated heterocycles. The summed E-state index contributed by atoms with van der Waals surface area (Å²) < 4.78 is 10.8. The molecule has 0 unspecified atom stereocenters. The maximum Gasteiger partial charge on any atom is 0.224 e. The molecule has 1 aromatic carbocycles. The number of aryl methyl sites for hydroxylation is 1. The highest BCUT2D eigenvalue weighted by Gasteiger charge is 2.11. The molecule has 0 aliphatic rings. The van der Waals surface area contributed by atoms with Crippen LogP contribution in [-0.2, 0) is 4.79 Å². The van der Waals surface area contributed by atoms with Crippen LogP contribution in [0.1, 0.15) is 30.7 Å². The van der Waals surface area contributed by atoms with Gasteiger partial charge in [0.25, 0.3) is 0 Å². The molecule has 1 aromatic heterocycles. The van der Waals surface area contributed by atoms with Gasteiger partial charge in [-0.2, -0.15) is 0 Å². The predicted molar refractivity (Wildman–Crippen MR) is 76.6 cm³/mol. The van der Waals surface area contributed by atoms with Crippen LogP contribution in [0.25, 0.3) is 0 Å². The number of hydrogen-bond donors (Lipinski definition) is 1. The third-order valence-corrected chi connectivity index (χ3v) is 2.97. The quantitative estimate of drug-likeness (QED) is 0.879. The Hall–Kier alpha value is -2.23. The molecule has 0 fully saturated rings. The smallest absolute Gasteiger partial charge is 0.224 e. The normalized spacial score (nSPS) is 11.9. The first kappa shape index (κ1) is 14.2. The highest BCUT2D eigenvalue weighted by atomic mass is 16.5. The summed E-state index contributed by atoms with van der Waals surface area (Å²) in [7, 11) is 0. The molecule has 0 radical (unpaired) electrons. The third-order valence-electron chi connectivity index (χ3n) is 2.97. The molecule has 2 aromatic rings. The summed E-state index contributed by atoms with van der Waals surface area (Å²) in [6.07, 6.45) is 1.91. The standard InChI is InChI=1S/C16H19NO3/c1-12-5-7-14(8-6-12)19-11-9-16(18)17-13(2)15-4-3-10-20-15/h3-8,10,13H,9,11H2,1-2H3,(H,17,18)/t13-/m1/s1. The van der Waals surface area contributed by atoms with Gasteiger partial charge in [-0.25, -0.2) is 0 Å². The zero-order valence-corrected chi connectivity index (χ0v) is 11.8. The van der Waals surface area contributed by atoms with E-state index in [-0.39, 0.29) is 11.9 Å². The summed E-state index contributed by atoms with van der Waals surface area (Å²) in [6, 6.07) is 11.3. The largest absolute Gasteiger partial charge is 0.493 e. The maximum atomic E-state index is 11.8. The highest BCUT2D eigenvalue weighted by Crippen LogP contribution is 2.13. The van der Waals surface area contributed by atoms with E-state index in [9.17, 15) is 4.79 Å². The second kappa shape index (κ2) is 6.80. The number of carbonyl (C=O) groups is 1. The van der Waals surface area contributed by atoms with Gasteiger partial charge in [0.1, 0.15) is 11.5 Å². The van der Waals surface area contributed by atoms with Crippen molar-refractivity contribution in [2.24, 2.45) is 0 Å². The van der Waals surface area contributed by atoms with Crippen molar-refractivity contribution < 1.29 is 13.9 Å². The molecular formula is C16H19NO3. The molecule has 0 bridgehead atoms. The van der Waals surface area contributed by atoms with E-state index in [2.05, 4.69) is 5.32 Å². The van der Waals surface area contributed by atoms with Crippen LogP contribution in [-0.4, -0.2) is 12.5 Å². The van der Waals surface area contributed by atoms with Gasteiger partial charge in [0.15, 0.2) is 0 Å². The average Bonchev–Trinajstić information content (AvgIpc) is 2.95. The van der Waals surface area contributed by atoms with Crippen LogP contribution in [0.3, 0.4) is 0 Å². The third kappa shape index (κ3) is 4.16. The molecule has 0 spiro atoms. The topological polar surface area (TPSA) is 51.5 Å². The van der Waals surface area contributed by atoms with E-state index in [4.69, 9.17) is 9.15 Å². The Kier molecular flexibility index (Phi) is 4.82. The molecule has 0 aliphatic carbocycles. The molecule has 0 aliphatic heterocycles. The minimum atomic E-state index is -0.128. The summed E-state index contributed by atoms with van der Waals surface area (Å²) >= 11 is 0. The molecule has 20 heavy (non-hydrogen) atoms. The number of nitrogens with one attached hydrogen (secondary N) is 1. The van der Waals surface area contributed by atoms with Crippen LogP contribution in [0, 0.1) is 6.92 Å². The van der Waals surface area contributed by atoms with E-state index < -0.39 is 0 Å². The summed E-state index contributed by atoms with van der Waals surface area (Å²) in [4.78, 5) is 11.8. The first-order chi connectivity index (χ1) is 9.65. The van der Waals surface area contributed by atoms with E-state index in [1.54, 1.807) is 12.3 Å². The van der Waals surface area contributed by atoms with E-state index >= 15 is 0 Å². The minimum absolute atomic E-state index is 0.0546. The number of benzene rings is 1. The first-order valence-corrected chi connectivity index (χ1v) is 6.67. The van der Waals surface area contributed by atoms with Crippen molar-refractivity contribution in [3.05, 3.63) is 54.0 Å². The number of amides is 1. The molecule has 0 saturated carbocycles. The van der Waals surface area contributed by atoms with E-state index in [1.165, 1.54) is 5.56 Å². The molecule has 1 amide bonds. The van der Waals surface area contributed by atoms with Gasteiger partial charge in [0.2, 0.25) is 5.91 Å². The van der Waals surface area contributed by atoms with Crippen molar-refractivity contribution in [2.45, 2.75) is 26.3 Å². The lowest BCUT2D eigenvalue weighted by Gasteiger charge is -2.11.